The van der Waals surface area contributed by atoms with Crippen LogP contribution in [0.2, 0.25) is 5.15 Å². The predicted molar refractivity (Wildman–Crippen MR) is 111 cm³/mol. The van der Waals surface area contributed by atoms with Crippen LogP contribution in [0.1, 0.15) is 28.4 Å². The van der Waals surface area contributed by atoms with Crippen molar-refractivity contribution in [2.75, 3.05) is 13.4 Å². The summed E-state index contributed by atoms with van der Waals surface area (Å²) in [7, 11) is 1.63. The van der Waals surface area contributed by atoms with Gasteiger partial charge in [0.2, 0.25) is 5.88 Å². The maximum absolute atomic E-state index is 11.5. The van der Waals surface area contributed by atoms with Gasteiger partial charge in [-0.15, -0.1) is 0 Å². The molecule has 1 aromatic heterocycles. The minimum atomic E-state index is 0.00138. The first-order valence-corrected chi connectivity index (χ1v) is 10.1. The molecule has 0 fully saturated rings. The van der Waals surface area contributed by atoms with Crippen molar-refractivity contribution in [3.63, 3.8) is 0 Å². The first-order valence-electron chi connectivity index (χ1n) is 8.52. The summed E-state index contributed by atoms with van der Waals surface area (Å²) in [5.74, 6) is 1.76. The smallest absolute Gasteiger partial charge is 0.228 e. The summed E-state index contributed by atoms with van der Waals surface area (Å²) in [5, 5.41) is 0.879. The summed E-state index contributed by atoms with van der Waals surface area (Å²) in [6, 6.07) is 14.6. The molecule has 2 aromatic carbocycles. The summed E-state index contributed by atoms with van der Waals surface area (Å²) in [6.45, 7) is 1.53. The third-order valence-electron chi connectivity index (χ3n) is 4.10. The third-order valence-corrected chi connectivity index (χ3v) is 4.96. The number of ether oxygens (including phenoxy) is 2. The Kier molecular flexibility index (Phi) is 6.54. The van der Waals surface area contributed by atoms with Crippen molar-refractivity contribution in [2.24, 2.45) is 0 Å². The molecule has 28 heavy (non-hydrogen) atoms. The number of hydrogen-bond acceptors (Lipinski definition) is 6. The number of hydrogen-bond donors (Lipinski definition) is 0. The normalized spacial score (nSPS) is 10.6. The Bertz CT molecular complexity index is 976. The number of ketones is 1. The number of carbonyl (C=O) groups excluding carboxylic acids is 1. The molecule has 0 spiro atoms. The van der Waals surface area contributed by atoms with Crippen LogP contribution in [0.4, 0.5) is 0 Å². The van der Waals surface area contributed by atoms with Gasteiger partial charge in [0.1, 0.15) is 16.7 Å². The van der Waals surface area contributed by atoms with E-state index >= 15 is 0 Å². The van der Waals surface area contributed by atoms with E-state index in [2.05, 4.69) is 9.97 Å². The van der Waals surface area contributed by atoms with Crippen LogP contribution in [0.25, 0.3) is 0 Å². The second-order valence-electron chi connectivity index (χ2n) is 5.99. The molecule has 3 aromatic rings. The second kappa shape index (κ2) is 9.08. The molecular formula is C21H19ClN2O3S. The highest BCUT2D eigenvalue weighted by Gasteiger charge is 2.16. The van der Waals surface area contributed by atoms with Crippen molar-refractivity contribution >= 4 is 29.1 Å². The molecule has 144 valence electrons. The number of Topliss-reactive ketones (excluding diaryl/α,β-unsaturated/α-hetero) is 1. The van der Waals surface area contributed by atoms with Crippen LogP contribution >= 0.6 is 23.4 Å². The number of rotatable bonds is 7. The molecule has 0 N–H and O–H groups in total. The summed E-state index contributed by atoms with van der Waals surface area (Å²) in [6.07, 6.45) is 2.39. The average molecular weight is 415 g/mol. The zero-order valence-electron chi connectivity index (χ0n) is 15.7. The molecule has 0 bridgehead atoms. The van der Waals surface area contributed by atoms with Gasteiger partial charge >= 0.3 is 0 Å². The number of carbonyl (C=O) groups is 1. The van der Waals surface area contributed by atoms with Crippen LogP contribution in [0, 0.1) is 0 Å². The number of benzene rings is 2. The first kappa shape index (κ1) is 20.2. The van der Waals surface area contributed by atoms with Crippen molar-refractivity contribution in [2.45, 2.75) is 18.5 Å². The Morgan fingerprint density at radius 3 is 2.25 bits per heavy atom. The quantitative estimate of drug-likeness (QED) is 0.222. The molecule has 0 radical (unpaired) electrons. The lowest BCUT2D eigenvalue weighted by atomic mass is 10.1. The van der Waals surface area contributed by atoms with Crippen LogP contribution in [0.5, 0.6) is 17.4 Å². The number of halogens is 1. The molecule has 1 heterocycles. The molecule has 0 aliphatic rings. The van der Waals surface area contributed by atoms with Crippen molar-refractivity contribution in [1.29, 1.82) is 0 Å². The highest BCUT2D eigenvalue weighted by atomic mass is 35.5. The maximum Gasteiger partial charge on any atom is 0.228 e. The number of nitrogens with zero attached hydrogens (tertiary/aromatic N) is 2. The molecule has 0 unspecified atom stereocenters. The van der Waals surface area contributed by atoms with Gasteiger partial charge in [0.15, 0.2) is 10.9 Å². The minimum Gasteiger partial charge on any atom is -0.497 e. The number of methoxy groups -OCH3 is 1. The maximum atomic E-state index is 11.5. The highest BCUT2D eigenvalue weighted by Crippen LogP contribution is 2.32. The molecule has 0 aliphatic heterocycles. The monoisotopic (exact) mass is 414 g/mol. The standard InChI is InChI=1S/C21H19ClN2O3S/c1-13(25)15-6-10-17(11-7-15)27-20-18(19(22)23-21(24-20)28-3)12-14-4-8-16(26-2)9-5-14/h4-11H,12H2,1-3H3. The Morgan fingerprint density at radius 1 is 1.04 bits per heavy atom. The Labute approximate surface area is 173 Å². The fourth-order valence-electron chi connectivity index (χ4n) is 2.56. The second-order valence-corrected chi connectivity index (χ2v) is 7.12. The van der Waals surface area contributed by atoms with Gasteiger partial charge < -0.3 is 9.47 Å². The van der Waals surface area contributed by atoms with Crippen molar-refractivity contribution in [3.05, 3.63) is 70.4 Å². The van der Waals surface area contributed by atoms with E-state index in [0.29, 0.717) is 39.5 Å². The molecule has 5 nitrogen and oxygen atoms in total. The van der Waals surface area contributed by atoms with E-state index in [1.807, 2.05) is 30.5 Å². The SMILES string of the molecule is COc1ccc(Cc2c(Cl)nc(SC)nc2Oc2ccc(C(C)=O)cc2)cc1. The molecule has 0 aliphatic carbocycles. The topological polar surface area (TPSA) is 61.3 Å². The van der Waals surface area contributed by atoms with E-state index in [0.717, 1.165) is 11.3 Å². The molecule has 0 saturated carbocycles. The molecule has 7 heteroatoms. The predicted octanol–water partition coefficient (Wildman–Crippen LogP) is 5.45. The largest absolute Gasteiger partial charge is 0.497 e. The fourth-order valence-corrected chi connectivity index (χ4v) is 3.19. The van der Waals surface area contributed by atoms with Crippen LogP contribution in [0.15, 0.2) is 53.7 Å². The highest BCUT2D eigenvalue weighted by molar-refractivity contribution is 7.98. The third kappa shape index (κ3) is 4.82. The Hall–Kier alpha value is -2.57. The van der Waals surface area contributed by atoms with Gasteiger partial charge in [0.05, 0.1) is 12.7 Å². The Balaban J connectivity index is 1.93. The van der Waals surface area contributed by atoms with E-state index in [1.54, 1.807) is 31.4 Å². The summed E-state index contributed by atoms with van der Waals surface area (Å²) < 4.78 is 11.2. The number of aromatic nitrogens is 2. The van der Waals surface area contributed by atoms with Gasteiger partial charge in [0.25, 0.3) is 0 Å². The lowest BCUT2D eigenvalue weighted by Gasteiger charge is -2.13. The van der Waals surface area contributed by atoms with Crippen molar-refractivity contribution in [1.82, 2.24) is 9.97 Å². The zero-order chi connectivity index (χ0) is 20.1. The van der Waals surface area contributed by atoms with Gasteiger partial charge in [-0.3, -0.25) is 4.79 Å². The van der Waals surface area contributed by atoms with Crippen LogP contribution in [0.3, 0.4) is 0 Å². The molecule has 0 atom stereocenters. The van der Waals surface area contributed by atoms with Gasteiger partial charge in [-0.05, 0) is 55.1 Å². The summed E-state index contributed by atoms with van der Waals surface area (Å²) in [5.41, 5.74) is 2.34. The average Bonchev–Trinajstić information content (AvgIpc) is 2.71. The molecule has 0 saturated heterocycles. The Morgan fingerprint density at radius 2 is 1.68 bits per heavy atom. The van der Waals surface area contributed by atoms with E-state index < -0.39 is 0 Å². The first-order chi connectivity index (χ1) is 13.5. The van der Waals surface area contributed by atoms with Gasteiger partial charge in [-0.1, -0.05) is 35.5 Å². The van der Waals surface area contributed by atoms with E-state index in [-0.39, 0.29) is 5.78 Å². The van der Waals surface area contributed by atoms with Crippen LogP contribution in [-0.2, 0) is 6.42 Å². The van der Waals surface area contributed by atoms with Crippen molar-refractivity contribution in [3.8, 4) is 17.4 Å². The molecule has 0 amide bonds. The molecule has 3 rings (SSSR count). The van der Waals surface area contributed by atoms with Crippen LogP contribution in [-0.4, -0.2) is 29.1 Å². The molecular weight excluding hydrogens is 396 g/mol. The zero-order valence-corrected chi connectivity index (χ0v) is 17.3. The van der Waals surface area contributed by atoms with Gasteiger partial charge in [-0.2, -0.15) is 4.98 Å². The lowest BCUT2D eigenvalue weighted by molar-refractivity contribution is 0.101. The van der Waals surface area contributed by atoms with Gasteiger partial charge in [0, 0.05) is 12.0 Å². The van der Waals surface area contributed by atoms with E-state index in [1.165, 1.54) is 18.7 Å². The minimum absolute atomic E-state index is 0.00138. The van der Waals surface area contributed by atoms with Crippen molar-refractivity contribution < 1.29 is 14.3 Å². The van der Waals surface area contributed by atoms with E-state index in [4.69, 9.17) is 21.1 Å². The fraction of sp³-hybridized carbons (Fsp3) is 0.190. The van der Waals surface area contributed by atoms with E-state index in [9.17, 15) is 4.79 Å². The number of thioether (sulfide) groups is 1. The lowest BCUT2D eigenvalue weighted by Crippen LogP contribution is -2.02. The summed E-state index contributed by atoms with van der Waals surface area (Å²) >= 11 is 7.83. The summed E-state index contributed by atoms with van der Waals surface area (Å²) in [4.78, 5) is 20.3. The van der Waals surface area contributed by atoms with Gasteiger partial charge in [-0.25, -0.2) is 4.98 Å². The van der Waals surface area contributed by atoms with Crippen LogP contribution < -0.4 is 9.47 Å².